The first kappa shape index (κ1) is 17.2. The highest BCUT2D eigenvalue weighted by Crippen LogP contribution is 2.13. The zero-order chi connectivity index (χ0) is 14.0. The van der Waals surface area contributed by atoms with Gasteiger partial charge in [-0.05, 0) is 32.6 Å². The third kappa shape index (κ3) is 8.29. The predicted molar refractivity (Wildman–Crippen MR) is 74.3 cm³/mol. The lowest BCUT2D eigenvalue weighted by atomic mass is 10.0. The Morgan fingerprint density at radius 1 is 1.39 bits per heavy atom. The van der Waals surface area contributed by atoms with Crippen molar-refractivity contribution in [2.24, 2.45) is 5.92 Å². The van der Waals surface area contributed by atoms with Crippen LogP contribution in [0.4, 0.5) is 0 Å². The molecule has 0 amide bonds. The molecule has 18 heavy (non-hydrogen) atoms. The number of aliphatic hydroxyl groups is 1. The van der Waals surface area contributed by atoms with Crippen molar-refractivity contribution in [1.29, 1.82) is 0 Å². The van der Waals surface area contributed by atoms with Gasteiger partial charge in [-0.25, -0.2) is 4.79 Å². The maximum Gasteiger partial charge on any atom is 0.333 e. The molecule has 1 N–H and O–H groups in total. The van der Waals surface area contributed by atoms with Gasteiger partial charge in [0.2, 0.25) is 0 Å². The predicted octanol–water partition coefficient (Wildman–Crippen LogP) is 3.46. The topological polar surface area (TPSA) is 46.5 Å². The van der Waals surface area contributed by atoms with Gasteiger partial charge in [-0.3, -0.25) is 0 Å². The van der Waals surface area contributed by atoms with Gasteiger partial charge < -0.3 is 9.84 Å². The zero-order valence-electron chi connectivity index (χ0n) is 12.2. The highest BCUT2D eigenvalue weighted by atomic mass is 16.5. The number of rotatable bonds is 9. The molecule has 0 aliphatic heterocycles. The van der Waals surface area contributed by atoms with Crippen LogP contribution >= 0.6 is 0 Å². The number of hydrogen-bond donors (Lipinski definition) is 1. The zero-order valence-corrected chi connectivity index (χ0v) is 12.2. The molecule has 3 nitrogen and oxygen atoms in total. The first-order valence-electron chi connectivity index (χ1n) is 7.03. The van der Waals surface area contributed by atoms with E-state index in [0.29, 0.717) is 24.5 Å². The quantitative estimate of drug-likeness (QED) is 0.507. The highest BCUT2D eigenvalue weighted by Gasteiger charge is 2.11. The number of aliphatic hydroxyl groups excluding tert-OH is 1. The number of unbranched alkanes of at least 4 members (excludes halogenated alkanes) is 1. The fourth-order valence-corrected chi connectivity index (χ4v) is 1.64. The fourth-order valence-electron chi connectivity index (χ4n) is 1.64. The Kier molecular flexibility index (Phi) is 9.66. The van der Waals surface area contributed by atoms with Crippen molar-refractivity contribution >= 4 is 5.97 Å². The Morgan fingerprint density at radius 2 is 2.06 bits per heavy atom. The minimum atomic E-state index is -0.416. The van der Waals surface area contributed by atoms with Crippen LogP contribution < -0.4 is 0 Å². The molecule has 0 fully saturated rings. The molecule has 0 bridgehead atoms. The molecule has 3 heteroatoms. The van der Waals surface area contributed by atoms with Crippen LogP contribution in [0.1, 0.15) is 59.8 Å². The molecule has 0 saturated heterocycles. The molecule has 0 rings (SSSR count). The molecule has 0 aliphatic carbocycles. The van der Waals surface area contributed by atoms with E-state index in [2.05, 4.69) is 13.8 Å². The largest absolute Gasteiger partial charge is 0.462 e. The molecular formula is C15H28O3. The van der Waals surface area contributed by atoms with Crippen LogP contribution in [-0.4, -0.2) is 23.8 Å². The van der Waals surface area contributed by atoms with E-state index in [1.54, 1.807) is 19.9 Å². The lowest BCUT2D eigenvalue weighted by molar-refractivity contribution is -0.140. The van der Waals surface area contributed by atoms with E-state index < -0.39 is 6.10 Å². The van der Waals surface area contributed by atoms with Crippen LogP contribution in [0.15, 0.2) is 11.6 Å². The summed E-state index contributed by atoms with van der Waals surface area (Å²) < 4.78 is 5.30. The number of esters is 1. The molecular weight excluding hydrogens is 228 g/mol. The molecule has 2 unspecified atom stereocenters. The number of carbonyl (C=O) groups excluding carboxylic acids is 1. The van der Waals surface area contributed by atoms with Crippen molar-refractivity contribution in [3.05, 3.63) is 11.6 Å². The van der Waals surface area contributed by atoms with Crippen LogP contribution in [-0.2, 0) is 9.53 Å². The summed E-state index contributed by atoms with van der Waals surface area (Å²) in [4.78, 5) is 11.7. The number of carbonyl (C=O) groups is 1. The first-order valence-corrected chi connectivity index (χ1v) is 7.03. The molecule has 0 aromatic heterocycles. The second-order valence-electron chi connectivity index (χ2n) is 4.99. The Morgan fingerprint density at radius 3 is 2.56 bits per heavy atom. The number of hydrogen-bond acceptors (Lipinski definition) is 3. The minimum absolute atomic E-state index is 0.259. The number of ether oxygens (including phenoxy) is 1. The summed E-state index contributed by atoms with van der Waals surface area (Å²) in [6, 6.07) is 0. The Balaban J connectivity index is 4.03. The molecule has 2 atom stereocenters. The summed E-state index contributed by atoms with van der Waals surface area (Å²) in [7, 11) is 0. The SMILES string of the molecule is CCCCC(CC)COC(=O)C(C)=CCC(C)O. The van der Waals surface area contributed by atoms with Crippen LogP contribution in [0.5, 0.6) is 0 Å². The highest BCUT2D eigenvalue weighted by molar-refractivity contribution is 5.87. The van der Waals surface area contributed by atoms with E-state index in [4.69, 9.17) is 9.84 Å². The van der Waals surface area contributed by atoms with Crippen LogP contribution in [0.25, 0.3) is 0 Å². The van der Waals surface area contributed by atoms with E-state index in [-0.39, 0.29) is 5.97 Å². The average Bonchev–Trinajstić information content (AvgIpc) is 2.35. The molecule has 0 radical (unpaired) electrons. The summed E-state index contributed by atoms with van der Waals surface area (Å²) in [5.41, 5.74) is 0.584. The Hall–Kier alpha value is -0.830. The van der Waals surface area contributed by atoms with Gasteiger partial charge in [0.15, 0.2) is 0 Å². The standard InChI is InChI=1S/C15H28O3/c1-5-7-8-14(6-2)11-18-15(17)12(3)9-10-13(4)16/h9,13-14,16H,5-8,10-11H2,1-4H3. The Labute approximate surface area is 111 Å². The van der Waals surface area contributed by atoms with Crippen molar-refractivity contribution in [3.63, 3.8) is 0 Å². The average molecular weight is 256 g/mol. The van der Waals surface area contributed by atoms with Gasteiger partial charge in [0.05, 0.1) is 12.7 Å². The maximum absolute atomic E-state index is 11.7. The van der Waals surface area contributed by atoms with Gasteiger partial charge in [-0.2, -0.15) is 0 Å². The molecule has 0 aliphatic rings. The van der Waals surface area contributed by atoms with Crippen LogP contribution in [0.3, 0.4) is 0 Å². The van der Waals surface area contributed by atoms with Crippen LogP contribution in [0, 0.1) is 5.92 Å². The normalized spacial score (nSPS) is 15.3. The van der Waals surface area contributed by atoms with Gasteiger partial charge in [-0.15, -0.1) is 0 Å². The van der Waals surface area contributed by atoms with E-state index in [0.717, 1.165) is 12.8 Å². The third-order valence-corrected chi connectivity index (χ3v) is 3.08. The fraction of sp³-hybridized carbons (Fsp3) is 0.800. The van der Waals surface area contributed by atoms with Gasteiger partial charge in [0.1, 0.15) is 0 Å². The molecule has 0 saturated carbocycles. The summed E-state index contributed by atoms with van der Waals surface area (Å²) >= 11 is 0. The Bertz CT molecular complexity index is 256. The molecule has 0 aromatic carbocycles. The molecule has 106 valence electrons. The van der Waals surface area contributed by atoms with Gasteiger partial charge in [0, 0.05) is 5.57 Å². The van der Waals surface area contributed by atoms with Gasteiger partial charge in [0.25, 0.3) is 0 Å². The second-order valence-corrected chi connectivity index (χ2v) is 4.99. The first-order chi connectivity index (χ1) is 8.51. The van der Waals surface area contributed by atoms with Crippen molar-refractivity contribution in [2.45, 2.75) is 65.9 Å². The summed E-state index contributed by atoms with van der Waals surface area (Å²) in [6.07, 6.45) is 6.35. The van der Waals surface area contributed by atoms with Crippen molar-refractivity contribution in [3.8, 4) is 0 Å². The van der Waals surface area contributed by atoms with Gasteiger partial charge >= 0.3 is 5.97 Å². The molecule has 0 heterocycles. The molecule has 0 spiro atoms. The van der Waals surface area contributed by atoms with Crippen molar-refractivity contribution < 1.29 is 14.6 Å². The second kappa shape index (κ2) is 10.1. The van der Waals surface area contributed by atoms with Crippen LogP contribution in [0.2, 0.25) is 0 Å². The lowest BCUT2D eigenvalue weighted by Gasteiger charge is -2.14. The summed E-state index contributed by atoms with van der Waals surface area (Å²) in [5, 5.41) is 9.14. The maximum atomic E-state index is 11.7. The van der Waals surface area contributed by atoms with Crippen molar-refractivity contribution in [2.75, 3.05) is 6.61 Å². The summed E-state index contributed by atoms with van der Waals surface area (Å²) in [5.74, 6) is 0.212. The van der Waals surface area contributed by atoms with E-state index in [1.807, 2.05) is 0 Å². The molecule has 0 aromatic rings. The van der Waals surface area contributed by atoms with Crippen molar-refractivity contribution in [1.82, 2.24) is 0 Å². The third-order valence-electron chi connectivity index (χ3n) is 3.08. The van der Waals surface area contributed by atoms with E-state index in [1.165, 1.54) is 12.8 Å². The summed E-state index contributed by atoms with van der Waals surface area (Å²) in [6.45, 7) is 8.24. The smallest absolute Gasteiger partial charge is 0.333 e. The van der Waals surface area contributed by atoms with E-state index in [9.17, 15) is 4.79 Å². The monoisotopic (exact) mass is 256 g/mol. The minimum Gasteiger partial charge on any atom is -0.462 e. The van der Waals surface area contributed by atoms with E-state index >= 15 is 0 Å². The lowest BCUT2D eigenvalue weighted by Crippen LogP contribution is -2.14. The van der Waals surface area contributed by atoms with Gasteiger partial charge in [-0.1, -0.05) is 39.2 Å².